The first-order chi connectivity index (χ1) is 11.0. The van der Waals surface area contributed by atoms with Crippen LogP contribution in [0.1, 0.15) is 43.0 Å². The zero-order valence-electron chi connectivity index (χ0n) is 13.6. The number of carbonyl (C=O) groups excluding carboxylic acids is 2. The minimum absolute atomic E-state index is 0.122. The Morgan fingerprint density at radius 1 is 1.26 bits per heavy atom. The molecule has 3 N–H and O–H groups in total. The van der Waals surface area contributed by atoms with Gasteiger partial charge in [-0.15, -0.1) is 0 Å². The van der Waals surface area contributed by atoms with Gasteiger partial charge in [-0.05, 0) is 37.0 Å². The summed E-state index contributed by atoms with van der Waals surface area (Å²) in [5.74, 6) is 0.584. The van der Waals surface area contributed by atoms with Crippen LogP contribution in [0.3, 0.4) is 0 Å². The van der Waals surface area contributed by atoms with Crippen molar-refractivity contribution in [2.45, 2.75) is 38.6 Å². The summed E-state index contributed by atoms with van der Waals surface area (Å²) in [6, 6.07) is 5.09. The lowest BCUT2D eigenvalue weighted by atomic mass is 9.86. The van der Waals surface area contributed by atoms with Crippen molar-refractivity contribution in [1.82, 2.24) is 5.32 Å². The van der Waals surface area contributed by atoms with Gasteiger partial charge in [-0.1, -0.05) is 19.8 Å². The number of hydrogen-bond acceptors (Lipinski definition) is 4. The number of carbonyl (C=O) groups is 2. The Bertz CT molecular complexity index is 574. The molecule has 0 bridgehead atoms. The van der Waals surface area contributed by atoms with Gasteiger partial charge in [0.15, 0.2) is 18.1 Å². The smallest absolute Gasteiger partial charge is 0.255 e. The van der Waals surface area contributed by atoms with Gasteiger partial charge in [-0.3, -0.25) is 9.59 Å². The highest BCUT2D eigenvalue weighted by molar-refractivity contribution is 5.95. The first-order valence-electron chi connectivity index (χ1n) is 7.91. The molecule has 126 valence electrons. The Morgan fingerprint density at radius 2 is 2.00 bits per heavy atom. The third-order valence-electron chi connectivity index (χ3n) is 4.22. The van der Waals surface area contributed by atoms with E-state index >= 15 is 0 Å². The highest BCUT2D eigenvalue weighted by Gasteiger charge is 2.23. The topological polar surface area (TPSA) is 90.7 Å². The second-order valence-electron chi connectivity index (χ2n) is 5.96. The molecule has 2 unspecified atom stereocenters. The SMILES string of the molecule is COc1cc(C(=O)NC2CCCCC2C)ccc1OCC(N)=O. The van der Waals surface area contributed by atoms with E-state index in [1.165, 1.54) is 13.5 Å². The maximum absolute atomic E-state index is 12.4. The predicted octanol–water partition coefficient (Wildman–Crippen LogP) is 1.87. The summed E-state index contributed by atoms with van der Waals surface area (Å²) in [4.78, 5) is 23.2. The van der Waals surface area contributed by atoms with Gasteiger partial charge in [-0.25, -0.2) is 0 Å². The second-order valence-corrected chi connectivity index (χ2v) is 5.96. The molecule has 0 heterocycles. The summed E-state index contributed by atoms with van der Waals surface area (Å²) in [6.45, 7) is 1.94. The molecule has 1 aliphatic carbocycles. The number of methoxy groups -OCH3 is 1. The fourth-order valence-electron chi connectivity index (χ4n) is 2.86. The molecular formula is C17H24N2O4. The molecule has 6 heteroatoms. The van der Waals surface area contributed by atoms with Gasteiger partial charge in [-0.2, -0.15) is 0 Å². The summed E-state index contributed by atoms with van der Waals surface area (Å²) >= 11 is 0. The van der Waals surface area contributed by atoms with Crippen LogP contribution in [0.15, 0.2) is 18.2 Å². The summed E-state index contributed by atoms with van der Waals surface area (Å²) in [7, 11) is 1.48. The number of rotatable bonds is 6. The maximum atomic E-state index is 12.4. The van der Waals surface area contributed by atoms with Gasteiger partial charge < -0.3 is 20.5 Å². The Morgan fingerprint density at radius 3 is 2.65 bits per heavy atom. The zero-order valence-corrected chi connectivity index (χ0v) is 13.6. The third kappa shape index (κ3) is 4.61. The predicted molar refractivity (Wildman–Crippen MR) is 86.6 cm³/mol. The average Bonchev–Trinajstić information content (AvgIpc) is 2.54. The number of hydrogen-bond donors (Lipinski definition) is 2. The number of nitrogens with two attached hydrogens (primary N) is 1. The van der Waals surface area contributed by atoms with Crippen molar-refractivity contribution < 1.29 is 19.1 Å². The highest BCUT2D eigenvalue weighted by Crippen LogP contribution is 2.29. The molecule has 2 rings (SSSR count). The van der Waals surface area contributed by atoms with E-state index in [1.54, 1.807) is 18.2 Å². The van der Waals surface area contributed by atoms with E-state index < -0.39 is 5.91 Å². The summed E-state index contributed by atoms with van der Waals surface area (Å²) in [5, 5.41) is 3.10. The normalized spacial score (nSPS) is 20.6. The lowest BCUT2D eigenvalue weighted by Gasteiger charge is -2.29. The van der Waals surface area contributed by atoms with E-state index in [-0.39, 0.29) is 18.6 Å². The quantitative estimate of drug-likeness (QED) is 0.837. The molecule has 2 amide bonds. The minimum Gasteiger partial charge on any atom is -0.493 e. The van der Waals surface area contributed by atoms with Crippen molar-refractivity contribution in [3.05, 3.63) is 23.8 Å². The Hall–Kier alpha value is -2.24. The van der Waals surface area contributed by atoms with Gasteiger partial charge in [0, 0.05) is 11.6 Å². The average molecular weight is 320 g/mol. The van der Waals surface area contributed by atoms with Crippen LogP contribution in [0.2, 0.25) is 0 Å². The number of ether oxygens (including phenoxy) is 2. The van der Waals surface area contributed by atoms with Crippen molar-refractivity contribution >= 4 is 11.8 Å². The second kappa shape index (κ2) is 7.85. The maximum Gasteiger partial charge on any atom is 0.255 e. The van der Waals surface area contributed by atoms with E-state index in [0.717, 1.165) is 19.3 Å². The van der Waals surface area contributed by atoms with E-state index in [9.17, 15) is 9.59 Å². The van der Waals surface area contributed by atoms with Crippen LogP contribution in [-0.2, 0) is 4.79 Å². The molecule has 1 aliphatic rings. The molecule has 2 atom stereocenters. The molecule has 6 nitrogen and oxygen atoms in total. The van der Waals surface area contributed by atoms with Gasteiger partial charge in [0.05, 0.1) is 7.11 Å². The molecule has 1 saturated carbocycles. The van der Waals surface area contributed by atoms with E-state index in [4.69, 9.17) is 15.2 Å². The van der Waals surface area contributed by atoms with Crippen molar-refractivity contribution in [3.63, 3.8) is 0 Å². The molecule has 0 spiro atoms. The Kier molecular flexibility index (Phi) is 5.84. The highest BCUT2D eigenvalue weighted by atomic mass is 16.5. The van der Waals surface area contributed by atoms with Crippen molar-refractivity contribution in [2.75, 3.05) is 13.7 Å². The van der Waals surface area contributed by atoms with Crippen LogP contribution in [0.25, 0.3) is 0 Å². The standard InChI is InChI=1S/C17H24N2O4/c1-11-5-3-4-6-13(11)19-17(21)12-7-8-14(15(9-12)22-2)23-10-16(18)20/h7-9,11,13H,3-6,10H2,1-2H3,(H2,18,20)(H,19,21). The molecule has 0 radical (unpaired) electrons. The fraction of sp³-hybridized carbons (Fsp3) is 0.529. The first kappa shape index (κ1) is 17.1. The lowest BCUT2D eigenvalue weighted by Crippen LogP contribution is -2.41. The van der Waals surface area contributed by atoms with Crippen molar-refractivity contribution in [1.29, 1.82) is 0 Å². The zero-order chi connectivity index (χ0) is 16.8. The first-order valence-corrected chi connectivity index (χ1v) is 7.91. The Labute approximate surface area is 136 Å². The molecular weight excluding hydrogens is 296 g/mol. The van der Waals surface area contributed by atoms with Crippen LogP contribution in [0, 0.1) is 5.92 Å². The largest absolute Gasteiger partial charge is 0.493 e. The third-order valence-corrected chi connectivity index (χ3v) is 4.22. The lowest BCUT2D eigenvalue weighted by molar-refractivity contribution is -0.119. The summed E-state index contributed by atoms with van der Waals surface area (Å²) < 4.78 is 10.5. The van der Waals surface area contributed by atoms with Gasteiger partial charge in [0.1, 0.15) is 0 Å². The van der Waals surface area contributed by atoms with E-state index in [0.29, 0.717) is 23.0 Å². The van der Waals surface area contributed by atoms with E-state index in [1.807, 2.05) is 0 Å². The molecule has 0 aliphatic heterocycles. The van der Waals surface area contributed by atoms with Crippen molar-refractivity contribution in [2.24, 2.45) is 11.7 Å². The summed E-state index contributed by atoms with van der Waals surface area (Å²) in [5.41, 5.74) is 5.56. The van der Waals surface area contributed by atoms with Crippen LogP contribution in [-0.4, -0.2) is 31.6 Å². The van der Waals surface area contributed by atoms with Crippen LogP contribution in [0.4, 0.5) is 0 Å². The number of nitrogens with one attached hydrogen (secondary N) is 1. The molecule has 1 aromatic rings. The number of benzene rings is 1. The Balaban J connectivity index is 2.06. The molecule has 0 saturated heterocycles. The van der Waals surface area contributed by atoms with Crippen LogP contribution in [0.5, 0.6) is 11.5 Å². The van der Waals surface area contributed by atoms with Crippen molar-refractivity contribution in [3.8, 4) is 11.5 Å². The summed E-state index contributed by atoms with van der Waals surface area (Å²) in [6.07, 6.45) is 4.55. The monoisotopic (exact) mass is 320 g/mol. The number of primary amides is 1. The van der Waals surface area contributed by atoms with Gasteiger partial charge in [0.2, 0.25) is 0 Å². The van der Waals surface area contributed by atoms with Crippen LogP contribution < -0.4 is 20.5 Å². The minimum atomic E-state index is -0.569. The number of amides is 2. The molecule has 0 aromatic heterocycles. The molecule has 23 heavy (non-hydrogen) atoms. The van der Waals surface area contributed by atoms with Gasteiger partial charge in [0.25, 0.3) is 11.8 Å². The van der Waals surface area contributed by atoms with Crippen LogP contribution >= 0.6 is 0 Å². The van der Waals surface area contributed by atoms with E-state index in [2.05, 4.69) is 12.2 Å². The fourth-order valence-corrected chi connectivity index (χ4v) is 2.86. The van der Waals surface area contributed by atoms with Gasteiger partial charge >= 0.3 is 0 Å². The molecule has 1 aromatic carbocycles. The molecule has 1 fully saturated rings.